The van der Waals surface area contributed by atoms with Gasteiger partial charge >= 0.3 is 0 Å². The quantitative estimate of drug-likeness (QED) is 0.584. The molecule has 1 aromatic rings. The first kappa shape index (κ1) is 12.5. The van der Waals surface area contributed by atoms with Gasteiger partial charge < -0.3 is 5.73 Å². The molecule has 0 saturated carbocycles. The molecule has 1 aromatic carbocycles. The van der Waals surface area contributed by atoms with E-state index >= 15 is 0 Å². The summed E-state index contributed by atoms with van der Waals surface area (Å²) in [6, 6.07) is 1.13. The summed E-state index contributed by atoms with van der Waals surface area (Å²) in [5.74, 6) is -3.03. The fourth-order valence-electron chi connectivity index (χ4n) is 0.930. The summed E-state index contributed by atoms with van der Waals surface area (Å²) in [5, 5.41) is 0. The summed E-state index contributed by atoms with van der Waals surface area (Å²) in [6.45, 7) is 5.27. The van der Waals surface area contributed by atoms with Crippen LogP contribution in [0.15, 0.2) is 17.1 Å². The van der Waals surface area contributed by atoms with Crippen LogP contribution in [-0.4, -0.2) is 5.84 Å². The minimum Gasteiger partial charge on any atom is -0.387 e. The number of halogens is 3. The Labute approximate surface area is 92.0 Å². The van der Waals surface area contributed by atoms with E-state index in [4.69, 9.17) is 5.73 Å². The van der Waals surface area contributed by atoms with Crippen LogP contribution in [0.5, 0.6) is 0 Å². The lowest BCUT2D eigenvalue weighted by molar-refractivity contribution is 0.544. The van der Waals surface area contributed by atoms with Crippen LogP contribution in [0.3, 0.4) is 0 Å². The van der Waals surface area contributed by atoms with Gasteiger partial charge in [0, 0.05) is 17.5 Å². The smallest absolute Gasteiger partial charge is 0.154 e. The molecule has 0 atom stereocenters. The number of benzene rings is 1. The van der Waals surface area contributed by atoms with Crippen molar-refractivity contribution in [2.75, 3.05) is 0 Å². The first-order valence-corrected chi connectivity index (χ1v) is 4.71. The third-order valence-electron chi connectivity index (χ3n) is 1.98. The van der Waals surface area contributed by atoms with Crippen molar-refractivity contribution in [3.05, 3.63) is 29.6 Å². The second-order valence-electron chi connectivity index (χ2n) is 4.47. The van der Waals surface area contributed by atoms with E-state index in [0.717, 1.165) is 0 Å². The molecule has 0 aromatic heterocycles. The van der Waals surface area contributed by atoms with Crippen molar-refractivity contribution in [1.82, 2.24) is 0 Å². The zero-order valence-electron chi connectivity index (χ0n) is 9.31. The monoisotopic (exact) mass is 230 g/mol. The zero-order chi connectivity index (χ0) is 12.5. The maximum Gasteiger partial charge on any atom is 0.154 e. The SMILES string of the molecule is CC(C)(C)C(N)=Nc1c(F)cc(F)cc1F. The minimum atomic E-state index is -1.07. The van der Waals surface area contributed by atoms with Crippen LogP contribution in [-0.2, 0) is 0 Å². The molecule has 2 N–H and O–H groups in total. The molecule has 2 nitrogen and oxygen atoms in total. The summed E-state index contributed by atoms with van der Waals surface area (Å²) >= 11 is 0. The molecule has 88 valence electrons. The van der Waals surface area contributed by atoms with Crippen LogP contribution in [0, 0.1) is 22.9 Å². The van der Waals surface area contributed by atoms with Crippen LogP contribution < -0.4 is 5.73 Å². The second kappa shape index (κ2) is 4.15. The Morgan fingerprint density at radius 1 is 1.12 bits per heavy atom. The zero-order valence-corrected chi connectivity index (χ0v) is 9.31. The number of aliphatic imine (C=N–C) groups is 1. The lowest BCUT2D eigenvalue weighted by Crippen LogP contribution is -2.28. The van der Waals surface area contributed by atoms with Crippen LogP contribution in [0.1, 0.15) is 20.8 Å². The molecule has 0 saturated heterocycles. The number of amidine groups is 1. The van der Waals surface area contributed by atoms with E-state index in [1.807, 2.05) is 0 Å². The number of hydrogen-bond acceptors (Lipinski definition) is 1. The van der Waals surface area contributed by atoms with E-state index in [9.17, 15) is 13.2 Å². The Balaban J connectivity index is 3.26. The molecule has 5 heteroatoms. The molecule has 0 fully saturated rings. The first-order chi connectivity index (χ1) is 7.21. The van der Waals surface area contributed by atoms with Gasteiger partial charge in [-0.3, -0.25) is 0 Å². The normalized spacial score (nSPS) is 13.0. The van der Waals surface area contributed by atoms with Gasteiger partial charge in [0.05, 0.1) is 0 Å². The van der Waals surface area contributed by atoms with Crippen LogP contribution in [0.4, 0.5) is 18.9 Å². The average Bonchev–Trinajstić information content (AvgIpc) is 2.08. The molecular weight excluding hydrogens is 217 g/mol. The standard InChI is InChI=1S/C11H13F3N2/c1-11(2,3)10(15)16-9-7(13)4-6(12)5-8(9)14/h4-5H,1-3H3,(H2,15,16). The molecule has 0 aliphatic rings. The Bertz CT molecular complexity index is 410. The summed E-state index contributed by atoms with van der Waals surface area (Å²) < 4.78 is 39.1. The fraction of sp³-hybridized carbons (Fsp3) is 0.364. The highest BCUT2D eigenvalue weighted by molar-refractivity contribution is 5.87. The van der Waals surface area contributed by atoms with Gasteiger partial charge in [-0.1, -0.05) is 20.8 Å². The number of hydrogen-bond donors (Lipinski definition) is 1. The third-order valence-corrected chi connectivity index (χ3v) is 1.98. The molecule has 0 spiro atoms. The van der Waals surface area contributed by atoms with E-state index in [0.29, 0.717) is 12.1 Å². The van der Waals surface area contributed by atoms with Crippen molar-refractivity contribution in [3.8, 4) is 0 Å². The van der Waals surface area contributed by atoms with Gasteiger partial charge in [-0.15, -0.1) is 0 Å². The van der Waals surface area contributed by atoms with Gasteiger partial charge in [0.2, 0.25) is 0 Å². The van der Waals surface area contributed by atoms with Gasteiger partial charge in [0.1, 0.15) is 17.3 Å². The lowest BCUT2D eigenvalue weighted by atomic mass is 9.95. The van der Waals surface area contributed by atoms with E-state index in [-0.39, 0.29) is 5.84 Å². The highest BCUT2D eigenvalue weighted by Gasteiger charge is 2.18. The molecule has 0 aliphatic carbocycles. The predicted octanol–water partition coefficient (Wildman–Crippen LogP) is 3.14. The summed E-state index contributed by atoms with van der Waals surface area (Å²) in [6.07, 6.45) is 0. The predicted molar refractivity (Wildman–Crippen MR) is 57.1 cm³/mol. The van der Waals surface area contributed by atoms with Crippen LogP contribution >= 0.6 is 0 Å². The minimum absolute atomic E-state index is 0.0805. The lowest BCUT2D eigenvalue weighted by Gasteiger charge is -2.17. The van der Waals surface area contributed by atoms with Crippen molar-refractivity contribution in [3.63, 3.8) is 0 Å². The molecular formula is C11H13F3N2. The second-order valence-corrected chi connectivity index (χ2v) is 4.47. The van der Waals surface area contributed by atoms with Crippen LogP contribution in [0.2, 0.25) is 0 Å². The average molecular weight is 230 g/mol. The summed E-state index contributed by atoms with van der Waals surface area (Å²) in [4.78, 5) is 3.65. The van der Waals surface area contributed by atoms with Crippen molar-refractivity contribution in [1.29, 1.82) is 0 Å². The van der Waals surface area contributed by atoms with Crippen LogP contribution in [0.25, 0.3) is 0 Å². The van der Waals surface area contributed by atoms with Crippen molar-refractivity contribution in [2.24, 2.45) is 16.1 Å². The first-order valence-electron chi connectivity index (χ1n) is 4.71. The Morgan fingerprint density at radius 3 is 1.94 bits per heavy atom. The van der Waals surface area contributed by atoms with E-state index < -0.39 is 28.6 Å². The van der Waals surface area contributed by atoms with E-state index in [1.54, 1.807) is 20.8 Å². The topological polar surface area (TPSA) is 38.4 Å². The molecule has 1 rings (SSSR count). The third kappa shape index (κ3) is 2.74. The number of rotatable bonds is 1. The molecule has 0 unspecified atom stereocenters. The molecule has 0 aliphatic heterocycles. The van der Waals surface area contributed by atoms with Gasteiger partial charge in [-0.25, -0.2) is 18.2 Å². The molecule has 0 bridgehead atoms. The fourth-order valence-corrected chi connectivity index (χ4v) is 0.930. The maximum absolute atomic E-state index is 13.2. The largest absolute Gasteiger partial charge is 0.387 e. The van der Waals surface area contributed by atoms with Crippen molar-refractivity contribution < 1.29 is 13.2 Å². The van der Waals surface area contributed by atoms with Gasteiger partial charge in [0.25, 0.3) is 0 Å². The molecule has 0 radical (unpaired) electrons. The highest BCUT2D eigenvalue weighted by Crippen LogP contribution is 2.25. The number of nitrogens with zero attached hydrogens (tertiary/aromatic N) is 1. The Morgan fingerprint density at radius 2 is 1.56 bits per heavy atom. The van der Waals surface area contributed by atoms with Gasteiger partial charge in [-0.2, -0.15) is 0 Å². The molecule has 0 amide bonds. The molecule has 0 heterocycles. The Kier molecular flexibility index (Phi) is 3.26. The highest BCUT2D eigenvalue weighted by atomic mass is 19.1. The summed E-state index contributed by atoms with van der Waals surface area (Å²) in [5.41, 5.74) is 4.51. The maximum atomic E-state index is 13.2. The van der Waals surface area contributed by atoms with Gasteiger partial charge in [0.15, 0.2) is 11.6 Å². The summed E-state index contributed by atoms with van der Waals surface area (Å²) in [7, 11) is 0. The van der Waals surface area contributed by atoms with E-state index in [1.165, 1.54) is 0 Å². The Hall–Kier alpha value is -1.52. The molecule has 16 heavy (non-hydrogen) atoms. The van der Waals surface area contributed by atoms with Crippen molar-refractivity contribution in [2.45, 2.75) is 20.8 Å². The van der Waals surface area contributed by atoms with Crippen molar-refractivity contribution >= 4 is 11.5 Å². The van der Waals surface area contributed by atoms with E-state index in [2.05, 4.69) is 4.99 Å². The van der Waals surface area contributed by atoms with Gasteiger partial charge in [-0.05, 0) is 0 Å². The number of nitrogens with two attached hydrogens (primary N) is 1.